The quantitative estimate of drug-likeness (QED) is 0.449. The Labute approximate surface area is 169 Å². The number of benzene rings is 1. The summed E-state index contributed by atoms with van der Waals surface area (Å²) in [5.74, 6) is 3.21. The van der Waals surface area contributed by atoms with Crippen molar-refractivity contribution in [3.8, 4) is 11.5 Å². The van der Waals surface area contributed by atoms with Crippen LogP contribution in [0.1, 0.15) is 73.6 Å². The summed E-state index contributed by atoms with van der Waals surface area (Å²) in [5, 5.41) is 0. The lowest BCUT2D eigenvalue weighted by Gasteiger charge is -2.35. The molecule has 4 unspecified atom stereocenters. The van der Waals surface area contributed by atoms with Gasteiger partial charge in [0, 0.05) is 60.1 Å². The van der Waals surface area contributed by atoms with E-state index in [9.17, 15) is 0 Å². The largest absolute Gasteiger partial charge is 0.491 e. The molecule has 1 aromatic carbocycles. The van der Waals surface area contributed by atoms with E-state index in [2.05, 4.69) is 52.0 Å². The van der Waals surface area contributed by atoms with Crippen LogP contribution in [0.2, 0.25) is 0 Å². The molecule has 28 heavy (non-hydrogen) atoms. The Morgan fingerprint density at radius 1 is 0.536 bits per heavy atom. The van der Waals surface area contributed by atoms with Crippen molar-refractivity contribution in [2.24, 2.45) is 0 Å². The molecule has 1 aromatic rings. The fraction of sp³-hybridized carbons (Fsp3) is 0.583. The van der Waals surface area contributed by atoms with Gasteiger partial charge in [-0.25, -0.2) is 0 Å². The average molecular weight is 387 g/mol. The molecule has 154 valence electrons. The van der Waals surface area contributed by atoms with E-state index in [1.807, 2.05) is 0 Å². The van der Waals surface area contributed by atoms with Gasteiger partial charge in [-0.1, -0.05) is 52.0 Å². The molecule has 0 aliphatic heterocycles. The number of rotatable bonds is 8. The van der Waals surface area contributed by atoms with Gasteiger partial charge >= 0.3 is 0 Å². The van der Waals surface area contributed by atoms with Crippen LogP contribution in [-0.4, -0.2) is 40.6 Å². The molecule has 2 aliphatic carbocycles. The van der Waals surface area contributed by atoms with E-state index in [1.165, 1.54) is 22.3 Å². The normalized spacial score (nSPS) is 25.4. The number of allylic oxidation sites excluding steroid dienone is 4. The van der Waals surface area contributed by atoms with Crippen molar-refractivity contribution >= 4 is 0 Å². The molecule has 0 N–H and O–H groups in total. The lowest BCUT2D eigenvalue weighted by molar-refractivity contribution is 0.142. The summed E-state index contributed by atoms with van der Waals surface area (Å²) in [6, 6.07) is 0. The number of hydrogen-bond acceptors (Lipinski definition) is 4. The molecule has 0 saturated heterocycles. The van der Waals surface area contributed by atoms with Gasteiger partial charge in [0.2, 0.25) is 0 Å². The van der Waals surface area contributed by atoms with E-state index in [4.69, 9.17) is 18.9 Å². The standard InChI is InChI=1S/C24H34O4/c1-15-7-8-16(2)20-19(15)23(27-13-11-25-5)21-17(3)9-10-18(4)22(21)24(20)28-14-12-26-6/h7-10,15-18H,11-14H2,1-6H3. The van der Waals surface area contributed by atoms with Crippen LogP contribution < -0.4 is 9.47 Å². The molecular formula is C24H34O4. The predicted octanol–water partition coefficient (Wildman–Crippen LogP) is 5.29. The van der Waals surface area contributed by atoms with Crippen LogP contribution in [0.15, 0.2) is 24.3 Å². The van der Waals surface area contributed by atoms with E-state index in [0.29, 0.717) is 26.4 Å². The van der Waals surface area contributed by atoms with E-state index in [0.717, 1.165) is 11.5 Å². The topological polar surface area (TPSA) is 36.9 Å². The molecule has 0 radical (unpaired) electrons. The zero-order valence-electron chi connectivity index (χ0n) is 18.1. The van der Waals surface area contributed by atoms with Gasteiger partial charge < -0.3 is 18.9 Å². The minimum absolute atomic E-state index is 0.284. The van der Waals surface area contributed by atoms with Crippen molar-refractivity contribution in [1.29, 1.82) is 0 Å². The lowest BCUT2D eigenvalue weighted by Crippen LogP contribution is -2.21. The summed E-state index contributed by atoms with van der Waals surface area (Å²) in [5.41, 5.74) is 5.08. The molecule has 3 rings (SSSR count). The molecule has 0 amide bonds. The molecule has 0 saturated carbocycles. The van der Waals surface area contributed by atoms with Gasteiger partial charge in [-0.05, 0) is 0 Å². The smallest absolute Gasteiger partial charge is 0.127 e. The molecule has 0 aromatic heterocycles. The second kappa shape index (κ2) is 9.15. The van der Waals surface area contributed by atoms with E-state index < -0.39 is 0 Å². The van der Waals surface area contributed by atoms with Crippen molar-refractivity contribution < 1.29 is 18.9 Å². The number of methoxy groups -OCH3 is 2. The third-order valence-corrected chi connectivity index (χ3v) is 5.82. The highest BCUT2D eigenvalue weighted by Crippen LogP contribution is 2.54. The Morgan fingerprint density at radius 2 is 0.821 bits per heavy atom. The molecule has 0 spiro atoms. The Bertz CT molecular complexity index is 637. The maximum atomic E-state index is 6.39. The van der Waals surface area contributed by atoms with Crippen LogP contribution in [0.4, 0.5) is 0 Å². The van der Waals surface area contributed by atoms with Crippen molar-refractivity contribution in [3.63, 3.8) is 0 Å². The zero-order chi connectivity index (χ0) is 20.3. The SMILES string of the molecule is COCCOc1c2c(c(OCCOC)c3c1C(C)C=CC3C)C(C)C=CC2C. The summed E-state index contributed by atoms with van der Waals surface area (Å²) in [6.45, 7) is 11.2. The second-order valence-electron chi connectivity index (χ2n) is 7.92. The highest BCUT2D eigenvalue weighted by molar-refractivity contribution is 5.67. The number of fused-ring (bicyclic) bond motifs is 2. The first kappa shape index (κ1) is 20.9. The van der Waals surface area contributed by atoms with Crippen LogP contribution in [0.25, 0.3) is 0 Å². The van der Waals surface area contributed by atoms with Gasteiger partial charge in [-0.2, -0.15) is 0 Å². The third-order valence-electron chi connectivity index (χ3n) is 5.82. The predicted molar refractivity (Wildman–Crippen MR) is 113 cm³/mol. The molecule has 2 aliphatic rings. The van der Waals surface area contributed by atoms with Crippen LogP contribution >= 0.6 is 0 Å². The monoisotopic (exact) mass is 386 g/mol. The molecule has 4 atom stereocenters. The summed E-state index contributed by atoms with van der Waals surface area (Å²) < 4.78 is 23.3. The summed E-state index contributed by atoms with van der Waals surface area (Å²) in [7, 11) is 3.42. The summed E-state index contributed by atoms with van der Waals surface area (Å²) >= 11 is 0. The van der Waals surface area contributed by atoms with E-state index >= 15 is 0 Å². The van der Waals surface area contributed by atoms with E-state index in [-0.39, 0.29) is 23.7 Å². The highest BCUT2D eigenvalue weighted by atomic mass is 16.5. The number of hydrogen-bond donors (Lipinski definition) is 0. The molecule has 0 fully saturated rings. The fourth-order valence-electron chi connectivity index (χ4n) is 4.40. The Hall–Kier alpha value is -1.78. The Kier molecular flexibility index (Phi) is 6.84. The van der Waals surface area contributed by atoms with Gasteiger partial charge in [0.15, 0.2) is 0 Å². The van der Waals surface area contributed by atoms with Crippen LogP contribution in [0.5, 0.6) is 11.5 Å². The first-order valence-electron chi connectivity index (χ1n) is 10.3. The Balaban J connectivity index is 2.23. The lowest BCUT2D eigenvalue weighted by atomic mass is 9.73. The van der Waals surface area contributed by atoms with Gasteiger partial charge in [-0.15, -0.1) is 0 Å². The minimum Gasteiger partial charge on any atom is -0.491 e. The molecule has 0 bridgehead atoms. The van der Waals surface area contributed by atoms with Gasteiger partial charge in [0.1, 0.15) is 24.7 Å². The summed E-state index contributed by atoms with van der Waals surface area (Å²) in [4.78, 5) is 0. The molecule has 4 nitrogen and oxygen atoms in total. The highest BCUT2D eigenvalue weighted by Gasteiger charge is 2.35. The molecule has 0 heterocycles. The second-order valence-corrected chi connectivity index (χ2v) is 7.92. The van der Waals surface area contributed by atoms with Crippen molar-refractivity contribution in [2.45, 2.75) is 51.4 Å². The van der Waals surface area contributed by atoms with Crippen LogP contribution in [-0.2, 0) is 9.47 Å². The first-order valence-corrected chi connectivity index (χ1v) is 10.3. The van der Waals surface area contributed by atoms with Gasteiger partial charge in [0.05, 0.1) is 13.2 Å². The summed E-state index contributed by atoms with van der Waals surface area (Å²) in [6.07, 6.45) is 9.14. The van der Waals surface area contributed by atoms with Crippen molar-refractivity contribution in [1.82, 2.24) is 0 Å². The third kappa shape index (κ3) is 3.85. The van der Waals surface area contributed by atoms with Crippen LogP contribution in [0.3, 0.4) is 0 Å². The maximum absolute atomic E-state index is 6.39. The number of ether oxygens (including phenoxy) is 4. The zero-order valence-corrected chi connectivity index (χ0v) is 18.1. The van der Waals surface area contributed by atoms with Crippen molar-refractivity contribution in [3.05, 3.63) is 46.6 Å². The molecular weight excluding hydrogens is 352 g/mol. The minimum atomic E-state index is 0.284. The maximum Gasteiger partial charge on any atom is 0.127 e. The van der Waals surface area contributed by atoms with Crippen LogP contribution in [0, 0.1) is 0 Å². The van der Waals surface area contributed by atoms with Crippen molar-refractivity contribution in [2.75, 3.05) is 40.6 Å². The first-order chi connectivity index (χ1) is 13.5. The van der Waals surface area contributed by atoms with E-state index in [1.54, 1.807) is 14.2 Å². The average Bonchev–Trinajstić information content (AvgIpc) is 2.68. The Morgan fingerprint density at radius 3 is 1.07 bits per heavy atom. The van der Waals surface area contributed by atoms with Gasteiger partial charge in [0.25, 0.3) is 0 Å². The molecule has 4 heteroatoms. The van der Waals surface area contributed by atoms with Gasteiger partial charge in [-0.3, -0.25) is 0 Å². The fourth-order valence-corrected chi connectivity index (χ4v) is 4.40.